The van der Waals surface area contributed by atoms with E-state index in [1.807, 2.05) is 0 Å². The molecule has 1 aliphatic heterocycles. The van der Waals surface area contributed by atoms with Crippen LogP contribution in [0.15, 0.2) is 29.1 Å². The smallest absolute Gasteiger partial charge is 0.268 e. The first-order chi connectivity index (χ1) is 14.0. The average molecular weight is 415 g/mol. The lowest BCUT2D eigenvalue weighted by molar-refractivity contribution is -0.0488. The maximum Gasteiger partial charge on any atom is 0.268 e. The summed E-state index contributed by atoms with van der Waals surface area (Å²) in [6, 6.07) is 6.67. The Morgan fingerprint density at radius 3 is 2.76 bits per heavy atom. The molecule has 0 radical (unpaired) electrons. The Hall–Kier alpha value is -3.38. The lowest BCUT2D eigenvalue weighted by Crippen LogP contribution is -2.24. The summed E-state index contributed by atoms with van der Waals surface area (Å²) in [6.45, 7) is 0.682. The maximum absolute atomic E-state index is 12.3. The number of nitrogens with one attached hydrogen (secondary N) is 3. The molecule has 2 aromatic heterocycles. The van der Waals surface area contributed by atoms with E-state index in [1.54, 1.807) is 24.3 Å². The number of hydrogen-bond acceptors (Lipinski definition) is 8. The van der Waals surface area contributed by atoms with Gasteiger partial charge in [0.2, 0.25) is 11.7 Å². The second-order valence-corrected chi connectivity index (χ2v) is 6.83. The summed E-state index contributed by atoms with van der Waals surface area (Å²) in [4.78, 5) is 30.2. The Balaban J connectivity index is 1.48. The molecule has 0 saturated carbocycles. The number of benzene rings is 1. The summed E-state index contributed by atoms with van der Waals surface area (Å²) in [5.74, 6) is -0.943. The molecule has 12 heteroatoms. The first kappa shape index (κ1) is 19.0. The van der Waals surface area contributed by atoms with Crippen molar-refractivity contribution in [1.82, 2.24) is 30.2 Å². The summed E-state index contributed by atoms with van der Waals surface area (Å²) >= 11 is 4.74. The van der Waals surface area contributed by atoms with E-state index in [4.69, 9.17) is 17.0 Å². The molecule has 3 heterocycles. The van der Waals surface area contributed by atoms with Gasteiger partial charge in [-0.05, 0) is 61.0 Å². The van der Waals surface area contributed by atoms with Crippen molar-refractivity contribution in [2.75, 3.05) is 11.9 Å². The molecule has 1 amide bonds. The van der Waals surface area contributed by atoms with Crippen molar-refractivity contribution < 1.29 is 14.6 Å². The quantitative estimate of drug-likeness (QED) is 0.471. The monoisotopic (exact) mass is 415 g/mol. The number of aromatic amines is 2. The molecular formula is C17H17N7O4S. The number of tetrazole rings is 1. The number of H-pyrrole nitrogens is 2. The minimum atomic E-state index is -0.786. The molecule has 150 valence electrons. The molecule has 29 heavy (non-hydrogen) atoms. The number of nitrogens with zero attached hydrogens (tertiary/aromatic N) is 4. The summed E-state index contributed by atoms with van der Waals surface area (Å²) in [6.07, 6.45) is 2.73. The maximum atomic E-state index is 12.3. The summed E-state index contributed by atoms with van der Waals surface area (Å²) in [7, 11) is 0. The number of aromatic hydroxyl groups is 1. The number of carbonyl (C=O) groups is 1. The van der Waals surface area contributed by atoms with Crippen molar-refractivity contribution in [3.8, 4) is 17.3 Å². The minimum absolute atomic E-state index is 0.0763. The van der Waals surface area contributed by atoms with Crippen LogP contribution < -0.4 is 10.9 Å². The number of amides is 1. The number of aromatic nitrogens is 6. The summed E-state index contributed by atoms with van der Waals surface area (Å²) in [5.41, 5.74) is -0.122. The van der Waals surface area contributed by atoms with Crippen LogP contribution in [-0.4, -0.2) is 47.8 Å². The van der Waals surface area contributed by atoms with Crippen LogP contribution in [0.25, 0.3) is 11.4 Å². The van der Waals surface area contributed by atoms with E-state index >= 15 is 0 Å². The molecule has 0 aliphatic carbocycles. The highest BCUT2D eigenvalue weighted by Crippen LogP contribution is 2.23. The van der Waals surface area contributed by atoms with Gasteiger partial charge in [0.25, 0.3) is 11.5 Å². The van der Waals surface area contributed by atoms with Crippen LogP contribution in [-0.2, 0) is 4.74 Å². The van der Waals surface area contributed by atoms with Crippen LogP contribution in [0.1, 0.15) is 35.8 Å². The number of ether oxygens (including phenoxy) is 1. The van der Waals surface area contributed by atoms with Gasteiger partial charge in [-0.3, -0.25) is 14.6 Å². The van der Waals surface area contributed by atoms with Crippen molar-refractivity contribution in [2.45, 2.75) is 25.5 Å². The van der Waals surface area contributed by atoms with Gasteiger partial charge in [-0.25, -0.2) is 0 Å². The van der Waals surface area contributed by atoms with Crippen LogP contribution >= 0.6 is 12.2 Å². The third kappa shape index (κ3) is 4.07. The lowest BCUT2D eigenvalue weighted by atomic mass is 10.2. The van der Waals surface area contributed by atoms with Gasteiger partial charge in [0.05, 0.1) is 0 Å². The molecule has 1 unspecified atom stereocenters. The molecule has 1 aliphatic rings. The Morgan fingerprint density at radius 2 is 2.07 bits per heavy atom. The number of hydrogen-bond donors (Lipinski definition) is 4. The highest BCUT2D eigenvalue weighted by molar-refractivity contribution is 7.71. The third-order valence-corrected chi connectivity index (χ3v) is 4.60. The Morgan fingerprint density at radius 1 is 1.28 bits per heavy atom. The van der Waals surface area contributed by atoms with E-state index in [0.717, 1.165) is 19.3 Å². The molecular weight excluding hydrogens is 398 g/mol. The van der Waals surface area contributed by atoms with Crippen LogP contribution in [0.2, 0.25) is 0 Å². The first-order valence-electron chi connectivity index (χ1n) is 8.90. The van der Waals surface area contributed by atoms with E-state index in [9.17, 15) is 14.7 Å². The van der Waals surface area contributed by atoms with E-state index in [-0.39, 0.29) is 11.0 Å². The Bertz CT molecular complexity index is 1150. The normalized spacial score (nSPS) is 16.5. The molecule has 0 spiro atoms. The van der Waals surface area contributed by atoms with Gasteiger partial charge in [-0.1, -0.05) is 0 Å². The zero-order valence-electron chi connectivity index (χ0n) is 15.1. The van der Waals surface area contributed by atoms with Crippen molar-refractivity contribution >= 4 is 23.8 Å². The summed E-state index contributed by atoms with van der Waals surface area (Å²) < 4.78 is 5.56. The highest BCUT2D eigenvalue weighted by atomic mass is 32.1. The zero-order valence-corrected chi connectivity index (χ0v) is 15.9. The molecule has 11 nitrogen and oxygen atoms in total. The predicted molar refractivity (Wildman–Crippen MR) is 104 cm³/mol. The summed E-state index contributed by atoms with van der Waals surface area (Å²) in [5, 5.41) is 24.8. The topological polar surface area (TPSA) is 151 Å². The largest absolute Gasteiger partial charge is 0.494 e. The van der Waals surface area contributed by atoms with Crippen molar-refractivity contribution in [2.24, 2.45) is 0 Å². The van der Waals surface area contributed by atoms with Gasteiger partial charge >= 0.3 is 0 Å². The van der Waals surface area contributed by atoms with Crippen molar-refractivity contribution in [1.29, 1.82) is 0 Å². The van der Waals surface area contributed by atoms with Crippen LogP contribution in [0.3, 0.4) is 0 Å². The molecule has 4 rings (SSSR count). The van der Waals surface area contributed by atoms with Gasteiger partial charge in [0.1, 0.15) is 0 Å². The second-order valence-electron chi connectivity index (χ2n) is 6.42. The van der Waals surface area contributed by atoms with Gasteiger partial charge in [0, 0.05) is 17.9 Å². The SMILES string of the molecule is O=C(Nc1ccc(-c2nnn(C3CCCCO3)n2)cc1)c1c(O)[nH]c(=S)[nH]c1=O. The number of carbonyl (C=O) groups excluding carboxylic acids is 1. The van der Waals surface area contributed by atoms with E-state index in [2.05, 4.69) is 30.7 Å². The fourth-order valence-electron chi connectivity index (χ4n) is 2.95. The minimum Gasteiger partial charge on any atom is -0.494 e. The van der Waals surface area contributed by atoms with Gasteiger partial charge < -0.3 is 20.1 Å². The molecule has 4 N–H and O–H groups in total. The molecule has 1 aromatic carbocycles. The fraction of sp³-hybridized carbons (Fsp3) is 0.294. The van der Waals surface area contributed by atoms with Crippen LogP contribution in [0.4, 0.5) is 5.69 Å². The van der Waals surface area contributed by atoms with Gasteiger partial charge in [-0.2, -0.15) is 0 Å². The van der Waals surface area contributed by atoms with Crippen molar-refractivity contribution in [3.63, 3.8) is 0 Å². The van der Waals surface area contributed by atoms with Gasteiger partial charge in [-0.15, -0.1) is 15.0 Å². The van der Waals surface area contributed by atoms with Gasteiger partial charge in [0.15, 0.2) is 16.6 Å². The predicted octanol–water partition coefficient (Wildman–Crippen LogP) is 1.74. The zero-order chi connectivity index (χ0) is 20.4. The number of anilines is 1. The first-order valence-corrected chi connectivity index (χ1v) is 9.30. The van der Waals surface area contributed by atoms with Crippen LogP contribution in [0.5, 0.6) is 5.88 Å². The lowest BCUT2D eigenvalue weighted by Gasteiger charge is -2.20. The molecule has 0 bridgehead atoms. The molecule has 3 aromatic rings. The Kier molecular flexibility index (Phi) is 5.18. The molecule has 1 saturated heterocycles. The Labute approximate surface area is 168 Å². The highest BCUT2D eigenvalue weighted by Gasteiger charge is 2.20. The van der Waals surface area contributed by atoms with E-state index < -0.39 is 22.9 Å². The molecule has 1 atom stereocenters. The van der Waals surface area contributed by atoms with Crippen molar-refractivity contribution in [3.05, 3.63) is 45.0 Å². The third-order valence-electron chi connectivity index (χ3n) is 4.39. The molecule has 1 fully saturated rings. The van der Waals surface area contributed by atoms with Crippen LogP contribution in [0, 0.1) is 4.77 Å². The average Bonchev–Trinajstić information content (AvgIpc) is 3.19. The fourth-order valence-corrected chi connectivity index (χ4v) is 3.14. The van der Waals surface area contributed by atoms with E-state index in [1.165, 1.54) is 4.80 Å². The second kappa shape index (κ2) is 7.93. The van der Waals surface area contributed by atoms with E-state index in [0.29, 0.717) is 23.7 Å². The standard InChI is InChI=1S/C17H17N7O4S/c25-14(12-15(26)19-17(29)20-16(12)27)18-10-6-4-9(5-7-10)13-21-23-24(22-13)11-3-1-2-8-28-11/h4-7,11H,1-3,8H2,(H,18,25)(H3,19,20,26,27,29). The number of rotatable bonds is 4.